The maximum absolute atomic E-state index is 13.0. The third-order valence-corrected chi connectivity index (χ3v) is 6.22. The summed E-state index contributed by atoms with van der Waals surface area (Å²) in [5, 5.41) is 10.2. The lowest BCUT2D eigenvalue weighted by Crippen LogP contribution is -2.18. The van der Waals surface area contributed by atoms with Crippen molar-refractivity contribution >= 4 is 38.9 Å². The molecule has 0 aliphatic rings. The summed E-state index contributed by atoms with van der Waals surface area (Å²) in [5.74, 6) is 0.415. The molecule has 9 heteroatoms. The fourth-order valence-corrected chi connectivity index (χ4v) is 4.19. The SMILES string of the molecule is CC(NCc1nc(-c2ccc(Br)s2)no1)c1ccc(NC(=O)c2ccc(F)cc2)cc1. The molecule has 0 aliphatic carbocycles. The van der Waals surface area contributed by atoms with Crippen LogP contribution in [0.1, 0.15) is 34.8 Å². The number of carbonyl (C=O) groups excluding carboxylic acids is 1. The highest BCUT2D eigenvalue weighted by atomic mass is 79.9. The van der Waals surface area contributed by atoms with Gasteiger partial charge in [0.05, 0.1) is 15.2 Å². The van der Waals surface area contributed by atoms with Crippen LogP contribution in [0.15, 0.2) is 69.0 Å². The van der Waals surface area contributed by atoms with Gasteiger partial charge < -0.3 is 15.2 Å². The largest absolute Gasteiger partial charge is 0.338 e. The second-order valence-corrected chi connectivity index (χ2v) is 9.26. The maximum atomic E-state index is 13.0. The van der Waals surface area contributed by atoms with Gasteiger partial charge in [0.1, 0.15) is 5.82 Å². The van der Waals surface area contributed by atoms with Crippen LogP contribution in [0.4, 0.5) is 10.1 Å². The van der Waals surface area contributed by atoms with Gasteiger partial charge in [0.25, 0.3) is 5.91 Å². The number of halogens is 2. The molecule has 0 fully saturated rings. The first-order chi connectivity index (χ1) is 15.0. The van der Waals surface area contributed by atoms with Crippen molar-refractivity contribution in [1.82, 2.24) is 15.5 Å². The van der Waals surface area contributed by atoms with E-state index in [-0.39, 0.29) is 17.8 Å². The van der Waals surface area contributed by atoms with Gasteiger partial charge in [-0.2, -0.15) is 4.98 Å². The molecule has 2 heterocycles. The van der Waals surface area contributed by atoms with Crippen molar-refractivity contribution in [1.29, 1.82) is 0 Å². The van der Waals surface area contributed by atoms with Gasteiger partial charge in [-0.1, -0.05) is 17.3 Å². The third kappa shape index (κ3) is 5.43. The number of anilines is 1. The van der Waals surface area contributed by atoms with E-state index in [2.05, 4.69) is 36.7 Å². The summed E-state index contributed by atoms with van der Waals surface area (Å²) < 4.78 is 19.3. The Kier molecular flexibility index (Phi) is 6.55. The van der Waals surface area contributed by atoms with Crippen molar-refractivity contribution in [3.63, 3.8) is 0 Å². The Morgan fingerprint density at radius 2 is 1.87 bits per heavy atom. The van der Waals surface area contributed by atoms with Crippen LogP contribution in [0, 0.1) is 5.82 Å². The van der Waals surface area contributed by atoms with Crippen molar-refractivity contribution in [3.05, 3.63) is 87.3 Å². The predicted molar refractivity (Wildman–Crippen MR) is 121 cm³/mol. The van der Waals surface area contributed by atoms with E-state index in [0.29, 0.717) is 29.5 Å². The van der Waals surface area contributed by atoms with E-state index in [1.807, 2.05) is 43.3 Å². The lowest BCUT2D eigenvalue weighted by Gasteiger charge is -2.13. The average molecular weight is 501 g/mol. The zero-order valence-electron chi connectivity index (χ0n) is 16.4. The first kappa shape index (κ1) is 21.4. The summed E-state index contributed by atoms with van der Waals surface area (Å²) in [7, 11) is 0. The summed E-state index contributed by atoms with van der Waals surface area (Å²) in [6.07, 6.45) is 0. The smallest absolute Gasteiger partial charge is 0.255 e. The highest BCUT2D eigenvalue weighted by Gasteiger charge is 2.13. The molecule has 2 aromatic heterocycles. The third-order valence-electron chi connectivity index (χ3n) is 4.60. The summed E-state index contributed by atoms with van der Waals surface area (Å²) in [6.45, 7) is 2.46. The standard InChI is InChI=1S/C22H18BrFN4O2S/c1-13(25-12-20-27-21(28-30-20)18-10-11-19(23)31-18)14-4-8-17(9-5-14)26-22(29)15-2-6-16(24)7-3-15/h2-11,13,25H,12H2,1H3,(H,26,29). The molecule has 4 rings (SSSR count). The Labute approximate surface area is 190 Å². The molecule has 0 radical (unpaired) electrons. The number of benzene rings is 2. The van der Waals surface area contributed by atoms with Gasteiger partial charge in [-0.25, -0.2) is 4.39 Å². The molecule has 6 nitrogen and oxygen atoms in total. The monoisotopic (exact) mass is 500 g/mol. The lowest BCUT2D eigenvalue weighted by atomic mass is 10.1. The number of aromatic nitrogens is 2. The second kappa shape index (κ2) is 9.51. The number of thiophene rings is 1. The fraction of sp³-hybridized carbons (Fsp3) is 0.136. The van der Waals surface area contributed by atoms with Gasteiger partial charge in [-0.05, 0) is 76.9 Å². The van der Waals surface area contributed by atoms with Crippen molar-refractivity contribution < 1.29 is 13.7 Å². The number of nitrogens with one attached hydrogen (secondary N) is 2. The number of hydrogen-bond donors (Lipinski definition) is 2. The molecule has 0 saturated heterocycles. The number of carbonyl (C=O) groups is 1. The molecule has 2 N–H and O–H groups in total. The molecule has 158 valence electrons. The summed E-state index contributed by atoms with van der Waals surface area (Å²) in [6, 6.07) is 16.9. The highest BCUT2D eigenvalue weighted by molar-refractivity contribution is 9.11. The van der Waals surface area contributed by atoms with Crippen LogP contribution >= 0.6 is 27.3 Å². The molecule has 0 bridgehead atoms. The van der Waals surface area contributed by atoms with Crippen molar-refractivity contribution in [2.75, 3.05) is 5.32 Å². The number of nitrogens with zero attached hydrogens (tertiary/aromatic N) is 2. The molecule has 0 saturated carbocycles. The zero-order valence-corrected chi connectivity index (χ0v) is 18.8. The minimum absolute atomic E-state index is 0.0353. The second-order valence-electron chi connectivity index (χ2n) is 6.80. The Morgan fingerprint density at radius 3 is 2.55 bits per heavy atom. The molecule has 4 aromatic rings. The van der Waals surface area contributed by atoms with Gasteiger partial charge in [0, 0.05) is 17.3 Å². The van der Waals surface area contributed by atoms with Crippen LogP contribution in [-0.2, 0) is 6.54 Å². The first-order valence-corrected chi connectivity index (χ1v) is 11.1. The van der Waals surface area contributed by atoms with Crippen LogP contribution in [-0.4, -0.2) is 16.0 Å². The minimum Gasteiger partial charge on any atom is -0.338 e. The Hall–Kier alpha value is -2.88. The van der Waals surface area contributed by atoms with E-state index in [1.54, 1.807) is 11.3 Å². The van der Waals surface area contributed by atoms with Crippen LogP contribution in [0.25, 0.3) is 10.7 Å². The van der Waals surface area contributed by atoms with Crippen molar-refractivity contribution in [2.24, 2.45) is 0 Å². The van der Waals surface area contributed by atoms with Crippen LogP contribution in [0.3, 0.4) is 0 Å². The van der Waals surface area contributed by atoms with Crippen molar-refractivity contribution in [3.8, 4) is 10.7 Å². The number of amides is 1. The summed E-state index contributed by atoms with van der Waals surface area (Å²) in [4.78, 5) is 17.6. The Morgan fingerprint density at radius 1 is 1.13 bits per heavy atom. The van der Waals surface area contributed by atoms with Gasteiger partial charge in [0.2, 0.25) is 11.7 Å². The van der Waals surface area contributed by atoms with Gasteiger partial charge in [-0.3, -0.25) is 4.79 Å². The van der Waals surface area contributed by atoms with E-state index < -0.39 is 0 Å². The predicted octanol–water partition coefficient (Wildman–Crippen LogP) is 5.80. The normalized spacial score (nSPS) is 12.0. The highest BCUT2D eigenvalue weighted by Crippen LogP contribution is 2.29. The maximum Gasteiger partial charge on any atom is 0.255 e. The fourth-order valence-electron chi connectivity index (χ4n) is 2.88. The summed E-state index contributed by atoms with van der Waals surface area (Å²) >= 11 is 4.97. The molecule has 1 unspecified atom stereocenters. The van der Waals surface area contributed by atoms with E-state index in [0.717, 1.165) is 14.2 Å². The van der Waals surface area contributed by atoms with Crippen LogP contribution < -0.4 is 10.6 Å². The Bertz CT molecular complexity index is 1170. The summed E-state index contributed by atoms with van der Waals surface area (Å²) in [5.41, 5.74) is 2.10. The van der Waals surface area contributed by atoms with E-state index in [1.165, 1.54) is 24.3 Å². The Balaban J connectivity index is 1.32. The number of hydrogen-bond acceptors (Lipinski definition) is 6. The van der Waals surface area contributed by atoms with E-state index in [9.17, 15) is 9.18 Å². The van der Waals surface area contributed by atoms with Crippen LogP contribution in [0.5, 0.6) is 0 Å². The minimum atomic E-state index is -0.376. The molecular weight excluding hydrogens is 483 g/mol. The van der Waals surface area contributed by atoms with Gasteiger partial charge in [0.15, 0.2) is 0 Å². The van der Waals surface area contributed by atoms with Crippen LogP contribution in [0.2, 0.25) is 0 Å². The number of rotatable bonds is 7. The lowest BCUT2D eigenvalue weighted by molar-refractivity contribution is 0.102. The molecule has 1 amide bonds. The first-order valence-electron chi connectivity index (χ1n) is 9.46. The molecule has 0 aliphatic heterocycles. The van der Waals surface area contributed by atoms with E-state index >= 15 is 0 Å². The average Bonchev–Trinajstić information content (AvgIpc) is 3.42. The molecule has 31 heavy (non-hydrogen) atoms. The molecule has 2 aromatic carbocycles. The molecule has 0 spiro atoms. The van der Waals surface area contributed by atoms with Gasteiger partial charge in [-0.15, -0.1) is 11.3 Å². The van der Waals surface area contributed by atoms with Crippen molar-refractivity contribution in [2.45, 2.75) is 19.5 Å². The molecular formula is C22H18BrFN4O2S. The van der Waals surface area contributed by atoms with Gasteiger partial charge >= 0.3 is 0 Å². The van der Waals surface area contributed by atoms with E-state index in [4.69, 9.17) is 4.52 Å². The molecule has 1 atom stereocenters. The topological polar surface area (TPSA) is 80.1 Å². The quantitative estimate of drug-likeness (QED) is 0.335. The zero-order chi connectivity index (χ0) is 21.8.